The maximum Gasteiger partial charge on any atom is 0.513 e. The average molecular weight is 209 g/mol. The molecule has 0 amide bonds. The van der Waals surface area contributed by atoms with E-state index in [1.807, 2.05) is 0 Å². The van der Waals surface area contributed by atoms with E-state index in [1.165, 1.54) is 13.2 Å². The van der Waals surface area contributed by atoms with E-state index in [1.54, 1.807) is 0 Å². The molecule has 0 aliphatic rings. The zero-order chi connectivity index (χ0) is 10.1. The van der Waals surface area contributed by atoms with Gasteiger partial charge in [-0.2, -0.15) is 0 Å². The molecule has 1 aromatic carbocycles. The number of hydrogen-bond donors (Lipinski definition) is 0. The van der Waals surface area contributed by atoms with Crippen LogP contribution < -0.4 is 10.2 Å². The van der Waals surface area contributed by atoms with E-state index in [9.17, 15) is 12.9 Å². The third-order valence-corrected chi connectivity index (χ3v) is 1.78. The highest BCUT2D eigenvalue weighted by molar-refractivity contribution is 6.74. The highest BCUT2D eigenvalue weighted by Gasteiger charge is 2.28. The monoisotopic (exact) mass is 209 g/mol. The van der Waals surface area contributed by atoms with Crippen LogP contribution in [0.15, 0.2) is 18.2 Å². The van der Waals surface area contributed by atoms with E-state index in [2.05, 4.69) is 4.74 Å². The Kier molecular flexibility index (Phi) is 2.76. The normalized spacial score (nSPS) is 11.5. The summed E-state index contributed by atoms with van der Waals surface area (Å²) in [7, 11) is 1.18. The van der Waals surface area contributed by atoms with Gasteiger partial charge in [0.05, 0.1) is 12.9 Å². The summed E-state index contributed by atoms with van der Waals surface area (Å²) in [5, 5.41) is 0.223. The van der Waals surface area contributed by atoms with Gasteiger partial charge in [0.25, 0.3) is 0 Å². The lowest BCUT2D eigenvalue weighted by Crippen LogP contribution is -2.35. The first-order chi connectivity index (χ1) is 5.95. The highest BCUT2D eigenvalue weighted by Crippen LogP contribution is 2.21. The minimum absolute atomic E-state index is 0.223. The fraction of sp³-hybridized carbons (Fsp3) is 0.143. The summed E-state index contributed by atoms with van der Waals surface area (Å²) in [6.07, 6.45) is 0. The van der Waals surface area contributed by atoms with Crippen LogP contribution in [0.1, 0.15) is 0 Å². The van der Waals surface area contributed by atoms with Crippen molar-refractivity contribution >= 4 is 24.0 Å². The van der Waals surface area contributed by atoms with E-state index in [0.717, 1.165) is 12.1 Å². The van der Waals surface area contributed by atoms with Crippen molar-refractivity contribution in [1.29, 1.82) is 0 Å². The predicted octanol–water partition coefficient (Wildman–Crippen LogP) is 2.40. The molecule has 0 aliphatic heterocycles. The second-order valence-corrected chi connectivity index (χ2v) is 2.90. The minimum atomic E-state index is -5.04. The number of hydrogen-bond acceptors (Lipinski definition) is 1. The molecule has 1 rings (SSSR count). The Labute approximate surface area is 78.5 Å². The van der Waals surface area contributed by atoms with Gasteiger partial charge in [0, 0.05) is 5.02 Å². The summed E-state index contributed by atoms with van der Waals surface area (Å²) in [6.45, 7) is -5.04. The molecule has 0 atom stereocenters. The third-order valence-electron chi connectivity index (χ3n) is 1.55. The molecule has 0 spiro atoms. The van der Waals surface area contributed by atoms with Crippen molar-refractivity contribution in [3.05, 3.63) is 23.2 Å². The second-order valence-electron chi connectivity index (χ2n) is 2.46. The Morgan fingerprint density at radius 2 is 1.92 bits per heavy atom. The van der Waals surface area contributed by atoms with Crippen LogP contribution in [0.4, 0.5) is 12.9 Å². The quantitative estimate of drug-likeness (QED) is 0.680. The first-order valence-electron chi connectivity index (χ1n) is 3.48. The zero-order valence-electron chi connectivity index (χ0n) is 6.73. The lowest BCUT2D eigenvalue weighted by atomic mass is 9.79. The summed E-state index contributed by atoms with van der Waals surface area (Å²) in [6, 6.07) is 3.25. The molecule has 0 saturated heterocycles. The molecule has 0 heterocycles. The Bertz CT molecular complexity index is 313. The van der Waals surface area contributed by atoms with Crippen molar-refractivity contribution in [2.24, 2.45) is 0 Å². The molecule has 0 saturated carbocycles. The van der Waals surface area contributed by atoms with Crippen LogP contribution in [-0.2, 0) is 0 Å². The van der Waals surface area contributed by atoms with Gasteiger partial charge in [-0.15, -0.1) is 0 Å². The molecule has 1 aromatic rings. The van der Waals surface area contributed by atoms with Crippen molar-refractivity contribution in [2.75, 3.05) is 7.11 Å². The van der Waals surface area contributed by atoms with Crippen LogP contribution in [0.5, 0.6) is 5.75 Å². The van der Waals surface area contributed by atoms with Gasteiger partial charge in [0.15, 0.2) is 0 Å². The van der Waals surface area contributed by atoms with E-state index >= 15 is 0 Å². The molecule has 0 N–H and O–H groups in total. The number of benzene rings is 1. The second kappa shape index (κ2) is 3.50. The Morgan fingerprint density at radius 3 is 2.38 bits per heavy atom. The molecule has 0 unspecified atom stereocenters. The Morgan fingerprint density at radius 1 is 1.31 bits per heavy atom. The van der Waals surface area contributed by atoms with Gasteiger partial charge in [-0.1, -0.05) is 23.1 Å². The molecular weight excluding hydrogens is 203 g/mol. The maximum absolute atomic E-state index is 12.3. The largest absolute Gasteiger partial charge is 0.513 e. The lowest BCUT2D eigenvalue weighted by Gasteiger charge is -2.18. The first kappa shape index (κ1) is 10.2. The van der Waals surface area contributed by atoms with E-state index < -0.39 is 12.4 Å². The van der Waals surface area contributed by atoms with Crippen LogP contribution in [0, 0.1) is 0 Å². The molecule has 0 aromatic heterocycles. The smallest absolute Gasteiger partial charge is 0.500 e. The molecule has 13 heavy (non-hydrogen) atoms. The van der Waals surface area contributed by atoms with Gasteiger partial charge in [-0.25, -0.2) is 0 Å². The minimum Gasteiger partial charge on any atom is -0.500 e. The van der Waals surface area contributed by atoms with Crippen LogP contribution in [0.25, 0.3) is 0 Å². The fourth-order valence-corrected chi connectivity index (χ4v) is 1.12. The molecular formula is C7H6BClF3O-. The van der Waals surface area contributed by atoms with Gasteiger partial charge in [-0.3, -0.25) is 0 Å². The standard InChI is InChI=1S/C7H6BClF3O/c1-13-7-4-5(9)2-3-6(7)8(10,11)12/h2-4H,1H3/q-1. The summed E-state index contributed by atoms with van der Waals surface area (Å²) in [4.78, 5) is 0. The van der Waals surface area contributed by atoms with Crippen LogP contribution in [0.3, 0.4) is 0 Å². The summed E-state index contributed by atoms with van der Waals surface area (Å²) in [5.74, 6) is -0.236. The van der Waals surface area contributed by atoms with Crippen molar-refractivity contribution in [3.8, 4) is 5.75 Å². The molecule has 6 heteroatoms. The van der Waals surface area contributed by atoms with E-state index in [0.29, 0.717) is 0 Å². The van der Waals surface area contributed by atoms with Gasteiger partial charge < -0.3 is 17.7 Å². The number of halogens is 4. The maximum atomic E-state index is 12.3. The molecule has 0 aliphatic carbocycles. The number of rotatable bonds is 2. The molecule has 1 nitrogen and oxygen atoms in total. The SMILES string of the molecule is COc1cc(Cl)ccc1[B-](F)(F)F. The summed E-state index contributed by atoms with van der Waals surface area (Å²) < 4.78 is 41.5. The lowest BCUT2D eigenvalue weighted by molar-refractivity contribution is 0.412. The first-order valence-corrected chi connectivity index (χ1v) is 3.86. The molecule has 0 radical (unpaired) electrons. The number of ether oxygens (including phenoxy) is 1. The number of methoxy groups -OCH3 is 1. The summed E-state index contributed by atoms with van der Waals surface area (Å²) >= 11 is 5.51. The van der Waals surface area contributed by atoms with Crippen LogP contribution in [0.2, 0.25) is 5.02 Å². The van der Waals surface area contributed by atoms with Crippen LogP contribution >= 0.6 is 11.6 Å². The third kappa shape index (κ3) is 2.31. The molecule has 0 fully saturated rings. The predicted molar refractivity (Wildman–Crippen MR) is 46.7 cm³/mol. The van der Waals surface area contributed by atoms with Crippen molar-refractivity contribution in [3.63, 3.8) is 0 Å². The van der Waals surface area contributed by atoms with E-state index in [4.69, 9.17) is 11.6 Å². The van der Waals surface area contributed by atoms with Crippen LogP contribution in [-0.4, -0.2) is 14.1 Å². The van der Waals surface area contributed by atoms with Gasteiger partial charge in [0.2, 0.25) is 0 Å². The van der Waals surface area contributed by atoms with Crippen molar-refractivity contribution in [2.45, 2.75) is 0 Å². The fourth-order valence-electron chi connectivity index (χ4n) is 0.955. The average Bonchev–Trinajstić information content (AvgIpc) is 2.01. The Hall–Kier alpha value is -0.835. The topological polar surface area (TPSA) is 9.23 Å². The van der Waals surface area contributed by atoms with Gasteiger partial charge in [0.1, 0.15) is 0 Å². The Balaban J connectivity index is 3.22. The van der Waals surface area contributed by atoms with Crippen molar-refractivity contribution in [1.82, 2.24) is 0 Å². The van der Waals surface area contributed by atoms with Gasteiger partial charge in [-0.05, 0) is 12.1 Å². The zero-order valence-corrected chi connectivity index (χ0v) is 7.49. The van der Waals surface area contributed by atoms with E-state index in [-0.39, 0.29) is 10.8 Å². The summed E-state index contributed by atoms with van der Waals surface area (Å²) in [5.41, 5.74) is -0.757. The molecule has 72 valence electrons. The molecule has 0 bridgehead atoms. The van der Waals surface area contributed by atoms with Crippen molar-refractivity contribution < 1.29 is 17.7 Å². The van der Waals surface area contributed by atoms with Gasteiger partial charge >= 0.3 is 6.98 Å². The highest BCUT2D eigenvalue weighted by atomic mass is 35.5.